The molecule has 3 nitrogen and oxygen atoms in total. The number of carbonyl (C=O) groups excluding carboxylic acids is 2. The van der Waals surface area contributed by atoms with Gasteiger partial charge < -0.3 is 4.74 Å². The summed E-state index contributed by atoms with van der Waals surface area (Å²) in [4.78, 5) is 28.1. The molecule has 0 saturated heterocycles. The number of hydrogen-bond donors (Lipinski definition) is 0. The van der Waals surface area contributed by atoms with E-state index < -0.39 is 28.7 Å². The summed E-state index contributed by atoms with van der Waals surface area (Å²) < 4.78 is 21.3. The lowest BCUT2D eigenvalue weighted by Gasteiger charge is -2.42. The van der Waals surface area contributed by atoms with Crippen LogP contribution in [-0.2, 0) is 14.3 Å². The molecule has 0 fully saturated rings. The van der Waals surface area contributed by atoms with E-state index in [2.05, 4.69) is 13.8 Å². The molecule has 2 aromatic rings. The third-order valence-corrected chi connectivity index (χ3v) is 8.98. The average Bonchev–Trinajstić information content (AvgIpc) is 3.05. The fourth-order valence-electron chi connectivity index (χ4n) is 5.65. The molecule has 1 aliphatic heterocycles. The average molecular weight is 493 g/mol. The van der Waals surface area contributed by atoms with Crippen molar-refractivity contribution in [2.75, 3.05) is 0 Å². The van der Waals surface area contributed by atoms with Crippen molar-refractivity contribution < 1.29 is 18.7 Å². The first-order valence-corrected chi connectivity index (χ1v) is 13.0. The second-order valence-electron chi connectivity index (χ2n) is 10.4. The van der Waals surface area contributed by atoms with Gasteiger partial charge >= 0.3 is 5.97 Å². The van der Waals surface area contributed by atoms with Crippen LogP contribution in [0.4, 0.5) is 4.39 Å². The van der Waals surface area contributed by atoms with Gasteiger partial charge in [-0.2, -0.15) is 0 Å². The molecule has 1 aliphatic carbocycles. The number of rotatable bonds is 5. The highest BCUT2D eigenvalue weighted by Gasteiger charge is 2.62. The summed E-state index contributed by atoms with van der Waals surface area (Å²) in [5.74, 6) is -1.82. The van der Waals surface area contributed by atoms with Gasteiger partial charge in [0.1, 0.15) is 5.82 Å². The molecule has 3 atom stereocenters. The van der Waals surface area contributed by atoms with Crippen molar-refractivity contribution >= 4 is 23.5 Å². The topological polar surface area (TPSA) is 43.4 Å². The van der Waals surface area contributed by atoms with Crippen molar-refractivity contribution in [1.29, 1.82) is 0 Å². The van der Waals surface area contributed by atoms with E-state index in [-0.39, 0.29) is 11.0 Å². The summed E-state index contributed by atoms with van der Waals surface area (Å²) >= 11 is 1.79. The van der Waals surface area contributed by atoms with E-state index >= 15 is 4.39 Å². The quantitative estimate of drug-likeness (QED) is 0.403. The smallest absolute Gasteiger partial charge is 0.314 e. The molecule has 1 heterocycles. The van der Waals surface area contributed by atoms with Gasteiger partial charge in [0, 0.05) is 21.8 Å². The Morgan fingerprint density at radius 3 is 2.37 bits per heavy atom. The molecular formula is C30H33FO3S. The number of Topliss-reactive ketones (excluding diaryl/α,β-unsaturated/α-hetero) is 1. The molecule has 0 bridgehead atoms. The number of allylic oxidation sites excluding steroid dienone is 1. The molecule has 0 radical (unpaired) electrons. The van der Waals surface area contributed by atoms with Crippen LogP contribution < -0.4 is 0 Å². The molecule has 184 valence electrons. The number of ether oxygens (including phenoxy) is 1. The van der Waals surface area contributed by atoms with Crippen molar-refractivity contribution in [3.63, 3.8) is 0 Å². The summed E-state index contributed by atoms with van der Waals surface area (Å²) in [5, 5.41) is 0.213. The number of benzene rings is 2. The minimum absolute atomic E-state index is 0.176. The lowest BCUT2D eigenvalue weighted by Crippen LogP contribution is -2.53. The maximum Gasteiger partial charge on any atom is 0.314 e. The van der Waals surface area contributed by atoms with Gasteiger partial charge in [0.25, 0.3) is 0 Å². The number of thioether (sulfide) groups is 1. The van der Waals surface area contributed by atoms with Crippen LogP contribution in [0, 0.1) is 11.2 Å². The normalized spacial score (nSPS) is 24.3. The minimum atomic E-state index is -1.36. The molecule has 3 unspecified atom stereocenters. The Bertz CT molecular complexity index is 1260. The fraction of sp³-hybridized carbons (Fsp3) is 0.400. The van der Waals surface area contributed by atoms with Gasteiger partial charge in [-0.3, -0.25) is 9.59 Å². The highest BCUT2D eigenvalue weighted by atomic mass is 32.2. The number of esters is 1. The van der Waals surface area contributed by atoms with E-state index in [9.17, 15) is 9.59 Å². The number of ketones is 1. The Morgan fingerprint density at radius 2 is 1.77 bits per heavy atom. The van der Waals surface area contributed by atoms with Gasteiger partial charge in [-0.05, 0) is 74.3 Å². The number of carbonyl (C=O) groups is 2. The maximum atomic E-state index is 15.0. The molecule has 0 saturated carbocycles. The second-order valence-corrected chi connectivity index (χ2v) is 11.9. The second kappa shape index (κ2) is 9.09. The summed E-state index contributed by atoms with van der Waals surface area (Å²) in [5.41, 5.74) is 2.87. The van der Waals surface area contributed by atoms with E-state index in [1.165, 1.54) is 18.6 Å². The fourth-order valence-corrected chi connectivity index (χ4v) is 6.80. The Morgan fingerprint density at radius 1 is 1.11 bits per heavy atom. The first-order valence-electron chi connectivity index (χ1n) is 12.1. The van der Waals surface area contributed by atoms with E-state index in [1.807, 2.05) is 51.1 Å². The number of hydrogen-bond acceptors (Lipinski definition) is 4. The van der Waals surface area contributed by atoms with Gasteiger partial charge in [0.05, 0.1) is 5.92 Å². The maximum absolute atomic E-state index is 15.0. The zero-order valence-electron chi connectivity index (χ0n) is 21.5. The molecule has 0 spiro atoms. The van der Waals surface area contributed by atoms with Crippen LogP contribution in [-0.4, -0.2) is 22.6 Å². The largest absolute Gasteiger partial charge is 0.445 e. The first-order chi connectivity index (χ1) is 16.4. The third-order valence-electron chi connectivity index (χ3n) is 7.69. The van der Waals surface area contributed by atoms with Gasteiger partial charge in [0.2, 0.25) is 0 Å². The standard InChI is InChI=1S/C30H33FO3S/c1-17-19(3)35-20(4)25-16-29(6,7)30(21(5)32,27(17)25)34-28(33)18(2)23-13-14-24(26(31)15-23)22-11-9-8-10-12-22/h8-15,18,20H,16H2,1-7H3. The van der Waals surface area contributed by atoms with Crippen LogP contribution in [0.15, 0.2) is 70.2 Å². The Balaban J connectivity index is 1.71. The van der Waals surface area contributed by atoms with Crippen molar-refractivity contribution in [1.82, 2.24) is 0 Å². The third kappa shape index (κ3) is 4.08. The van der Waals surface area contributed by atoms with Crippen LogP contribution in [0.2, 0.25) is 0 Å². The molecule has 2 aliphatic rings. The predicted molar refractivity (Wildman–Crippen MR) is 141 cm³/mol. The van der Waals surface area contributed by atoms with E-state index in [0.29, 0.717) is 17.5 Å². The summed E-state index contributed by atoms with van der Waals surface area (Å²) in [7, 11) is 0. The van der Waals surface area contributed by atoms with E-state index in [4.69, 9.17) is 4.74 Å². The van der Waals surface area contributed by atoms with E-state index in [1.54, 1.807) is 30.8 Å². The molecule has 2 aromatic carbocycles. The zero-order chi connectivity index (χ0) is 25.7. The minimum Gasteiger partial charge on any atom is -0.445 e. The van der Waals surface area contributed by atoms with Crippen molar-refractivity contribution in [2.24, 2.45) is 5.41 Å². The highest BCUT2D eigenvalue weighted by Crippen LogP contribution is 2.59. The van der Waals surface area contributed by atoms with Crippen LogP contribution >= 0.6 is 11.8 Å². The zero-order valence-corrected chi connectivity index (χ0v) is 22.3. The van der Waals surface area contributed by atoms with Crippen molar-refractivity contribution in [3.05, 3.63) is 81.5 Å². The summed E-state index contributed by atoms with van der Waals surface area (Å²) in [6.07, 6.45) is 0.683. The van der Waals surface area contributed by atoms with E-state index in [0.717, 1.165) is 21.6 Å². The molecule has 35 heavy (non-hydrogen) atoms. The molecule has 4 rings (SSSR count). The van der Waals surface area contributed by atoms with Crippen LogP contribution in [0.25, 0.3) is 11.1 Å². The van der Waals surface area contributed by atoms with Gasteiger partial charge in [-0.1, -0.05) is 56.3 Å². The van der Waals surface area contributed by atoms with Crippen molar-refractivity contribution in [3.8, 4) is 11.1 Å². The summed E-state index contributed by atoms with van der Waals surface area (Å²) in [6.45, 7) is 13.4. The molecule has 0 amide bonds. The number of halogens is 1. The molecular weight excluding hydrogens is 459 g/mol. The Labute approximate surface area is 211 Å². The van der Waals surface area contributed by atoms with Crippen LogP contribution in [0.1, 0.15) is 66.4 Å². The predicted octanol–water partition coefficient (Wildman–Crippen LogP) is 7.62. The molecule has 0 N–H and O–H groups in total. The molecule has 5 heteroatoms. The Hall–Kier alpha value is -2.66. The SMILES string of the molecule is CC(=O)C1(OC(=O)C(C)c2ccc(-c3ccccc3)c(F)c2)C2=C(CC1(C)C)C(C)SC(C)=C2C. The van der Waals surface area contributed by atoms with Crippen LogP contribution in [0.5, 0.6) is 0 Å². The van der Waals surface area contributed by atoms with Gasteiger partial charge in [-0.15, -0.1) is 11.8 Å². The summed E-state index contributed by atoms with van der Waals surface area (Å²) in [6, 6.07) is 14.2. The highest BCUT2D eigenvalue weighted by molar-refractivity contribution is 8.03. The lowest BCUT2D eigenvalue weighted by atomic mass is 9.70. The van der Waals surface area contributed by atoms with Gasteiger partial charge in [-0.25, -0.2) is 4.39 Å². The monoisotopic (exact) mass is 492 g/mol. The molecule has 0 aromatic heterocycles. The first kappa shape index (κ1) is 25.4. The lowest BCUT2D eigenvalue weighted by molar-refractivity contribution is -0.173. The van der Waals surface area contributed by atoms with Crippen molar-refractivity contribution in [2.45, 2.75) is 71.7 Å². The van der Waals surface area contributed by atoms with Gasteiger partial charge in [0.15, 0.2) is 11.4 Å². The Kier molecular flexibility index (Phi) is 6.60. The van der Waals surface area contributed by atoms with Crippen LogP contribution in [0.3, 0.4) is 0 Å².